The lowest BCUT2D eigenvalue weighted by atomic mass is 10.1. The molecule has 2 N–H and O–H groups in total. The second-order valence-corrected chi connectivity index (χ2v) is 7.03. The number of aromatic nitrogens is 3. The molecule has 0 aliphatic carbocycles. The highest BCUT2D eigenvalue weighted by atomic mass is 32.1. The third-order valence-corrected chi connectivity index (χ3v) is 5.41. The van der Waals surface area contributed by atoms with E-state index in [1.165, 1.54) is 11.3 Å². The molecule has 0 aliphatic heterocycles. The number of thiophene rings is 1. The summed E-state index contributed by atoms with van der Waals surface area (Å²) in [5.41, 5.74) is 2.32. The van der Waals surface area contributed by atoms with Crippen LogP contribution in [0.15, 0.2) is 35.3 Å². The van der Waals surface area contributed by atoms with Crippen LogP contribution in [0.5, 0.6) is 0 Å². The molecule has 0 saturated carbocycles. The van der Waals surface area contributed by atoms with Gasteiger partial charge in [0.2, 0.25) is 0 Å². The van der Waals surface area contributed by atoms with Crippen LogP contribution in [0.25, 0.3) is 21.1 Å². The third kappa shape index (κ3) is 2.27. The van der Waals surface area contributed by atoms with Crippen molar-refractivity contribution in [3.8, 4) is 0 Å². The zero-order chi connectivity index (χ0) is 16.8. The van der Waals surface area contributed by atoms with E-state index in [0.717, 1.165) is 21.3 Å². The molecule has 0 amide bonds. The first kappa shape index (κ1) is 14.8. The average molecular weight is 337 g/mol. The topological polar surface area (TPSA) is 78.6 Å². The van der Waals surface area contributed by atoms with E-state index in [4.69, 9.17) is 0 Å². The summed E-state index contributed by atoms with van der Waals surface area (Å²) in [5, 5.41) is 1.51. The van der Waals surface area contributed by atoms with E-state index in [9.17, 15) is 9.59 Å². The number of ketones is 1. The Morgan fingerprint density at radius 1 is 1.25 bits per heavy atom. The third-order valence-electron chi connectivity index (χ3n) is 4.31. The van der Waals surface area contributed by atoms with Crippen molar-refractivity contribution in [1.82, 2.24) is 15.0 Å². The van der Waals surface area contributed by atoms with Crippen molar-refractivity contribution >= 4 is 38.2 Å². The van der Waals surface area contributed by atoms with Gasteiger partial charge in [0.1, 0.15) is 10.7 Å². The zero-order valence-corrected chi connectivity index (χ0v) is 14.1. The zero-order valence-electron chi connectivity index (χ0n) is 13.3. The number of carbonyl (C=O) groups excluding carboxylic acids is 1. The van der Waals surface area contributed by atoms with Crippen LogP contribution in [0.3, 0.4) is 0 Å². The molecule has 120 valence electrons. The molecule has 0 unspecified atom stereocenters. The lowest BCUT2D eigenvalue weighted by Gasteiger charge is -2.01. The fraction of sp³-hybridized carbons (Fsp3) is 0.167. The summed E-state index contributed by atoms with van der Waals surface area (Å²) in [6, 6.07) is 7.65. The molecule has 0 radical (unpaired) electrons. The summed E-state index contributed by atoms with van der Waals surface area (Å²) in [7, 11) is 0. The Balaban J connectivity index is 1.74. The van der Waals surface area contributed by atoms with Gasteiger partial charge in [0, 0.05) is 27.5 Å². The van der Waals surface area contributed by atoms with E-state index < -0.39 is 0 Å². The number of fused-ring (bicyclic) bond motifs is 2. The van der Waals surface area contributed by atoms with Crippen LogP contribution >= 0.6 is 11.3 Å². The number of hydrogen-bond acceptors (Lipinski definition) is 4. The summed E-state index contributed by atoms with van der Waals surface area (Å²) in [4.78, 5) is 37.0. The van der Waals surface area contributed by atoms with Crippen LogP contribution in [0.1, 0.15) is 26.6 Å². The number of rotatable bonds is 3. The molecule has 5 nitrogen and oxygen atoms in total. The molecule has 0 fully saturated rings. The smallest absolute Gasteiger partial charge is 0.259 e. The molecule has 0 aliphatic rings. The van der Waals surface area contributed by atoms with Crippen LogP contribution < -0.4 is 5.56 Å². The highest BCUT2D eigenvalue weighted by Gasteiger charge is 2.16. The van der Waals surface area contributed by atoms with Gasteiger partial charge in [0.05, 0.1) is 11.8 Å². The maximum atomic E-state index is 12.6. The van der Waals surface area contributed by atoms with E-state index in [2.05, 4.69) is 15.0 Å². The standard InChI is InChI=1S/C18H15N3O2S/c1-9-10(2)24-18-16(9)17(23)20-15(21-18)7-14(22)12-8-19-13-6-4-3-5-11(12)13/h3-6,8,19H,7H2,1-2H3,(H,20,21,23). The Kier molecular flexibility index (Phi) is 3.35. The fourth-order valence-electron chi connectivity index (χ4n) is 2.93. The maximum Gasteiger partial charge on any atom is 0.259 e. The lowest BCUT2D eigenvalue weighted by Crippen LogP contribution is -2.14. The van der Waals surface area contributed by atoms with Crippen LogP contribution in [0, 0.1) is 13.8 Å². The van der Waals surface area contributed by atoms with Crippen molar-refractivity contribution in [3.05, 3.63) is 62.6 Å². The Labute approximate surface area is 141 Å². The monoisotopic (exact) mass is 337 g/mol. The van der Waals surface area contributed by atoms with Gasteiger partial charge < -0.3 is 9.97 Å². The van der Waals surface area contributed by atoms with E-state index in [1.54, 1.807) is 6.20 Å². The summed E-state index contributed by atoms with van der Waals surface area (Å²) in [5.74, 6) is 0.337. The first-order valence-electron chi connectivity index (χ1n) is 7.63. The summed E-state index contributed by atoms with van der Waals surface area (Å²) >= 11 is 1.49. The number of Topliss-reactive ketones (excluding diaryl/α,β-unsaturated/α-hetero) is 1. The van der Waals surface area contributed by atoms with Crippen molar-refractivity contribution < 1.29 is 4.79 Å². The van der Waals surface area contributed by atoms with Crippen molar-refractivity contribution in [2.24, 2.45) is 0 Å². The van der Waals surface area contributed by atoms with E-state index >= 15 is 0 Å². The summed E-state index contributed by atoms with van der Waals surface area (Å²) in [6.45, 7) is 3.89. The van der Waals surface area contributed by atoms with E-state index in [-0.39, 0.29) is 17.8 Å². The van der Waals surface area contributed by atoms with Gasteiger partial charge in [0.15, 0.2) is 5.78 Å². The van der Waals surface area contributed by atoms with Crippen molar-refractivity contribution in [1.29, 1.82) is 0 Å². The van der Waals surface area contributed by atoms with Gasteiger partial charge in [-0.15, -0.1) is 11.3 Å². The molecular formula is C18H15N3O2S. The Morgan fingerprint density at radius 3 is 2.88 bits per heavy atom. The number of hydrogen-bond donors (Lipinski definition) is 2. The molecule has 3 heterocycles. The average Bonchev–Trinajstić information content (AvgIpc) is 3.09. The highest BCUT2D eigenvalue weighted by Crippen LogP contribution is 2.26. The normalized spacial score (nSPS) is 11.4. The van der Waals surface area contributed by atoms with Crippen LogP contribution in [0.2, 0.25) is 0 Å². The summed E-state index contributed by atoms with van der Waals surface area (Å²) in [6.07, 6.45) is 1.78. The highest BCUT2D eigenvalue weighted by molar-refractivity contribution is 7.18. The van der Waals surface area contributed by atoms with E-state index in [0.29, 0.717) is 21.6 Å². The molecule has 3 aromatic heterocycles. The van der Waals surface area contributed by atoms with E-state index in [1.807, 2.05) is 38.1 Å². The minimum absolute atomic E-state index is 0.0695. The number of aryl methyl sites for hydroxylation is 2. The molecule has 0 saturated heterocycles. The second kappa shape index (κ2) is 5.42. The molecule has 0 bridgehead atoms. The molecule has 0 atom stereocenters. The Morgan fingerprint density at radius 2 is 2.04 bits per heavy atom. The number of nitrogens with zero attached hydrogens (tertiary/aromatic N) is 1. The number of H-pyrrole nitrogens is 2. The van der Waals surface area contributed by atoms with Crippen molar-refractivity contribution in [2.75, 3.05) is 0 Å². The van der Waals surface area contributed by atoms with Gasteiger partial charge >= 0.3 is 0 Å². The van der Waals surface area contributed by atoms with Crippen molar-refractivity contribution in [2.45, 2.75) is 20.3 Å². The molecule has 24 heavy (non-hydrogen) atoms. The Bertz CT molecular complexity index is 1150. The van der Waals surface area contributed by atoms with Crippen LogP contribution in [0.4, 0.5) is 0 Å². The fourth-order valence-corrected chi connectivity index (χ4v) is 3.98. The van der Waals surface area contributed by atoms with Gasteiger partial charge in [-0.05, 0) is 25.5 Å². The predicted molar refractivity (Wildman–Crippen MR) is 96.0 cm³/mol. The van der Waals surface area contributed by atoms with Crippen molar-refractivity contribution in [3.63, 3.8) is 0 Å². The maximum absolute atomic E-state index is 12.6. The van der Waals surface area contributed by atoms with Gasteiger partial charge in [-0.1, -0.05) is 18.2 Å². The van der Waals surface area contributed by atoms with Crippen LogP contribution in [-0.4, -0.2) is 20.7 Å². The number of nitrogens with one attached hydrogen (secondary N) is 2. The quantitative estimate of drug-likeness (QED) is 0.562. The second-order valence-electron chi connectivity index (χ2n) is 5.82. The number of aromatic amines is 2. The molecule has 4 rings (SSSR count). The SMILES string of the molecule is Cc1sc2nc(CC(=O)c3c[nH]c4ccccc34)[nH]c(=O)c2c1C. The molecular weight excluding hydrogens is 322 g/mol. The minimum Gasteiger partial charge on any atom is -0.360 e. The molecule has 4 aromatic rings. The molecule has 1 aromatic carbocycles. The molecule has 6 heteroatoms. The molecule has 0 spiro atoms. The van der Waals surface area contributed by atoms with Gasteiger partial charge in [0.25, 0.3) is 5.56 Å². The van der Waals surface area contributed by atoms with Gasteiger partial charge in [-0.2, -0.15) is 0 Å². The first-order valence-corrected chi connectivity index (χ1v) is 8.44. The largest absolute Gasteiger partial charge is 0.360 e. The number of carbonyl (C=O) groups is 1. The summed E-state index contributed by atoms with van der Waals surface area (Å²) < 4.78 is 0. The number of benzene rings is 1. The lowest BCUT2D eigenvalue weighted by molar-refractivity contribution is 0.0992. The first-order chi connectivity index (χ1) is 11.5. The van der Waals surface area contributed by atoms with Crippen LogP contribution in [-0.2, 0) is 6.42 Å². The predicted octanol–water partition coefficient (Wildman–Crippen LogP) is 3.51. The van der Waals surface area contributed by atoms with Gasteiger partial charge in [-0.3, -0.25) is 9.59 Å². The minimum atomic E-state index is -0.177. The van der Waals surface area contributed by atoms with Gasteiger partial charge in [-0.25, -0.2) is 4.98 Å². The number of para-hydroxylation sites is 1. The Hall–Kier alpha value is -2.73.